The fraction of sp³-hybridized carbons (Fsp3) is 0.333. The van der Waals surface area contributed by atoms with Crippen LogP contribution in [0.2, 0.25) is 0 Å². The van der Waals surface area contributed by atoms with E-state index in [1.807, 2.05) is 0 Å². The predicted octanol–water partition coefficient (Wildman–Crippen LogP) is 1.34. The fourth-order valence-corrected chi connectivity index (χ4v) is 3.93. The molecule has 11 heteroatoms. The highest BCUT2D eigenvalue weighted by Crippen LogP contribution is 2.30. The molecule has 2 N–H and O–H groups in total. The van der Waals surface area contributed by atoms with Gasteiger partial charge >= 0.3 is 0 Å². The molecule has 0 heterocycles. The maximum Gasteiger partial charge on any atom is 0.253 e. The summed E-state index contributed by atoms with van der Waals surface area (Å²) >= 11 is 0. The van der Waals surface area contributed by atoms with Gasteiger partial charge in [-0.3, -0.25) is 9.59 Å². The third-order valence-corrected chi connectivity index (χ3v) is 6.27. The number of nitrogens with zero attached hydrogens (tertiary/aromatic N) is 1. The van der Waals surface area contributed by atoms with Gasteiger partial charge in [-0.25, -0.2) is 8.42 Å². The first kappa shape index (κ1) is 25.1. The molecule has 0 saturated carbocycles. The Bertz CT molecular complexity index is 1060. The first-order chi connectivity index (χ1) is 15.2. The zero-order valence-corrected chi connectivity index (χ0v) is 19.2. The number of carbonyl (C=O) groups is 2. The largest absolute Gasteiger partial charge is 0.493 e. The Morgan fingerprint density at radius 1 is 1.00 bits per heavy atom. The van der Waals surface area contributed by atoms with E-state index in [9.17, 15) is 18.0 Å². The van der Waals surface area contributed by atoms with E-state index >= 15 is 0 Å². The van der Waals surface area contributed by atoms with Gasteiger partial charge in [0.1, 0.15) is 0 Å². The summed E-state index contributed by atoms with van der Waals surface area (Å²) in [6, 6.07) is 10.6. The fourth-order valence-electron chi connectivity index (χ4n) is 2.79. The average Bonchev–Trinajstić information content (AvgIpc) is 2.78. The van der Waals surface area contributed by atoms with Crippen molar-refractivity contribution >= 4 is 27.5 Å². The van der Waals surface area contributed by atoms with Crippen molar-refractivity contribution in [2.75, 3.05) is 53.4 Å². The second-order valence-corrected chi connectivity index (χ2v) is 8.67. The van der Waals surface area contributed by atoms with Crippen molar-refractivity contribution in [3.63, 3.8) is 0 Å². The van der Waals surface area contributed by atoms with E-state index < -0.39 is 22.5 Å². The van der Waals surface area contributed by atoms with Crippen LogP contribution in [0.3, 0.4) is 0 Å². The quantitative estimate of drug-likeness (QED) is 0.480. The van der Waals surface area contributed by atoms with Gasteiger partial charge in [-0.05, 0) is 24.3 Å². The van der Waals surface area contributed by atoms with E-state index in [0.29, 0.717) is 18.9 Å². The summed E-state index contributed by atoms with van der Waals surface area (Å²) in [7, 11) is 1.67. The van der Waals surface area contributed by atoms with Gasteiger partial charge in [0, 0.05) is 26.8 Å². The maximum absolute atomic E-state index is 12.9. The summed E-state index contributed by atoms with van der Waals surface area (Å²) in [5.74, 6) is -0.356. The molecule has 32 heavy (non-hydrogen) atoms. The van der Waals surface area contributed by atoms with Crippen LogP contribution < -0.4 is 20.1 Å². The number of carbonyl (C=O) groups excluding carboxylic acids is 2. The Morgan fingerprint density at radius 2 is 1.69 bits per heavy atom. The van der Waals surface area contributed by atoms with Gasteiger partial charge < -0.3 is 24.8 Å². The Morgan fingerprint density at radius 3 is 2.34 bits per heavy atom. The molecule has 0 atom stereocenters. The molecule has 0 unspecified atom stereocenters. The van der Waals surface area contributed by atoms with E-state index in [0.717, 1.165) is 4.31 Å². The molecule has 0 bridgehead atoms. The number of hydrogen-bond acceptors (Lipinski definition) is 7. The van der Waals surface area contributed by atoms with E-state index in [4.69, 9.17) is 14.2 Å². The van der Waals surface area contributed by atoms with Gasteiger partial charge in [0.15, 0.2) is 11.5 Å². The molecule has 0 aliphatic heterocycles. The summed E-state index contributed by atoms with van der Waals surface area (Å²) in [5.41, 5.74) is 0.520. The summed E-state index contributed by atoms with van der Waals surface area (Å²) < 4.78 is 41.8. The van der Waals surface area contributed by atoms with Crippen molar-refractivity contribution < 1.29 is 32.2 Å². The molecule has 2 aromatic rings. The molecular formula is C21H27N3O7S. The lowest BCUT2D eigenvalue weighted by molar-refractivity contribution is -0.116. The first-order valence-corrected chi connectivity index (χ1v) is 11.0. The summed E-state index contributed by atoms with van der Waals surface area (Å²) in [6.07, 6.45) is 0. The van der Waals surface area contributed by atoms with Crippen molar-refractivity contribution in [3.05, 3.63) is 48.0 Å². The van der Waals surface area contributed by atoms with Gasteiger partial charge in [-0.15, -0.1) is 0 Å². The Labute approximate surface area is 187 Å². The van der Waals surface area contributed by atoms with Crippen LogP contribution in [0.4, 0.5) is 5.69 Å². The number of para-hydroxylation sites is 1. The molecule has 2 amide bonds. The highest BCUT2D eigenvalue weighted by Gasteiger charge is 2.25. The third kappa shape index (κ3) is 6.19. The van der Waals surface area contributed by atoms with E-state index in [-0.39, 0.29) is 27.8 Å². The number of anilines is 1. The zero-order valence-electron chi connectivity index (χ0n) is 18.4. The van der Waals surface area contributed by atoms with Gasteiger partial charge in [0.25, 0.3) is 5.91 Å². The lowest BCUT2D eigenvalue weighted by Crippen LogP contribution is -2.35. The topological polar surface area (TPSA) is 123 Å². The molecule has 2 rings (SSSR count). The number of nitrogens with one attached hydrogen (secondary N) is 2. The number of likely N-dealkylation sites (N-methyl/N-ethyl adjacent to an activating group) is 1. The van der Waals surface area contributed by atoms with Crippen molar-refractivity contribution in [1.82, 2.24) is 9.62 Å². The highest BCUT2D eigenvalue weighted by atomic mass is 32.2. The third-order valence-electron chi connectivity index (χ3n) is 4.47. The summed E-state index contributed by atoms with van der Waals surface area (Å²) in [5, 5.41) is 5.27. The van der Waals surface area contributed by atoms with Crippen LogP contribution in [-0.2, 0) is 19.6 Å². The first-order valence-electron chi connectivity index (χ1n) is 9.59. The molecule has 0 aromatic heterocycles. The van der Waals surface area contributed by atoms with E-state index in [2.05, 4.69) is 10.6 Å². The van der Waals surface area contributed by atoms with Crippen LogP contribution in [0.25, 0.3) is 0 Å². The molecule has 0 radical (unpaired) electrons. The average molecular weight is 466 g/mol. The molecule has 10 nitrogen and oxygen atoms in total. The minimum absolute atomic E-state index is 0.0524. The van der Waals surface area contributed by atoms with Crippen LogP contribution in [0.5, 0.6) is 11.5 Å². The lowest BCUT2D eigenvalue weighted by atomic mass is 10.1. The molecule has 0 spiro atoms. The van der Waals surface area contributed by atoms with Crippen LogP contribution in [0.1, 0.15) is 10.4 Å². The monoisotopic (exact) mass is 465 g/mol. The Balaban J connectivity index is 2.12. The second-order valence-electron chi connectivity index (χ2n) is 6.62. The van der Waals surface area contributed by atoms with Crippen molar-refractivity contribution in [3.8, 4) is 11.5 Å². The lowest BCUT2D eigenvalue weighted by Gasteiger charge is -2.18. The molecule has 174 valence electrons. The standard InChI is InChI=1S/C21H27N3O7S/c1-24(32(27,28)15-9-10-18(30-3)19(13-15)31-4)14-20(25)23-17-8-6-5-7-16(17)21(26)22-11-12-29-2/h5-10,13H,11-12,14H2,1-4H3,(H,22,26)(H,23,25). The van der Waals surface area contributed by atoms with Gasteiger partial charge in [0.05, 0.1) is 43.5 Å². The van der Waals surface area contributed by atoms with Gasteiger partial charge in [0.2, 0.25) is 15.9 Å². The highest BCUT2D eigenvalue weighted by molar-refractivity contribution is 7.89. The molecule has 0 aliphatic carbocycles. The van der Waals surface area contributed by atoms with Crippen molar-refractivity contribution in [2.45, 2.75) is 4.90 Å². The zero-order chi connectivity index (χ0) is 23.7. The molecule has 0 aliphatic rings. The Hall–Kier alpha value is -3.15. The van der Waals surface area contributed by atoms with Crippen LogP contribution >= 0.6 is 0 Å². The number of ether oxygens (including phenoxy) is 3. The van der Waals surface area contributed by atoms with Crippen LogP contribution in [-0.4, -0.2) is 72.6 Å². The minimum atomic E-state index is -3.98. The summed E-state index contributed by atoms with van der Waals surface area (Å²) in [4.78, 5) is 24.8. The van der Waals surface area contributed by atoms with Gasteiger partial charge in [-0.2, -0.15) is 4.31 Å². The number of sulfonamides is 1. The number of methoxy groups -OCH3 is 3. The Kier molecular flexibility index (Phi) is 9.00. The number of hydrogen-bond donors (Lipinski definition) is 2. The smallest absolute Gasteiger partial charge is 0.253 e. The van der Waals surface area contributed by atoms with E-state index in [1.165, 1.54) is 46.6 Å². The molecule has 2 aromatic carbocycles. The number of rotatable bonds is 11. The SMILES string of the molecule is COCCNC(=O)c1ccccc1NC(=O)CN(C)S(=O)(=O)c1ccc(OC)c(OC)c1. The normalized spacial score (nSPS) is 11.2. The van der Waals surface area contributed by atoms with Crippen LogP contribution in [0.15, 0.2) is 47.4 Å². The molecule has 0 saturated heterocycles. The minimum Gasteiger partial charge on any atom is -0.493 e. The van der Waals surface area contributed by atoms with Crippen molar-refractivity contribution in [2.24, 2.45) is 0 Å². The van der Waals surface area contributed by atoms with Crippen LogP contribution in [0, 0.1) is 0 Å². The second kappa shape index (κ2) is 11.5. The van der Waals surface area contributed by atoms with E-state index in [1.54, 1.807) is 24.3 Å². The molecule has 0 fully saturated rings. The number of benzene rings is 2. The van der Waals surface area contributed by atoms with Gasteiger partial charge in [-0.1, -0.05) is 12.1 Å². The number of amides is 2. The summed E-state index contributed by atoms with van der Waals surface area (Å²) in [6.45, 7) is 0.194. The molecular weight excluding hydrogens is 438 g/mol. The predicted molar refractivity (Wildman–Crippen MR) is 119 cm³/mol. The maximum atomic E-state index is 12.9. The van der Waals surface area contributed by atoms with Crippen molar-refractivity contribution in [1.29, 1.82) is 0 Å².